The quantitative estimate of drug-likeness (QED) is 0.571. The lowest BCUT2D eigenvalue weighted by Gasteiger charge is -2.19. The largest absolute Gasteiger partial charge is 0.303 e. The van der Waals surface area contributed by atoms with Gasteiger partial charge in [-0.25, -0.2) is 0 Å². The Hall–Kier alpha value is -0.330. The molecule has 0 N–H and O–H groups in total. The third-order valence-corrected chi connectivity index (χ3v) is 3.28. The van der Waals surface area contributed by atoms with Crippen LogP contribution in [0.5, 0.6) is 0 Å². The molecule has 11 heavy (non-hydrogen) atoms. The first-order valence-electron chi connectivity index (χ1n) is 4.72. The highest BCUT2D eigenvalue weighted by Crippen LogP contribution is 2.43. The molecule has 1 aliphatic rings. The molecular formula is C10H18O. The molecule has 0 bridgehead atoms. The van der Waals surface area contributed by atoms with Crippen molar-refractivity contribution in [3.63, 3.8) is 0 Å². The maximum atomic E-state index is 10.8. The molecule has 0 radical (unpaired) electrons. The number of aldehydes is 1. The normalized spacial score (nSPS) is 37.5. The second-order valence-corrected chi connectivity index (χ2v) is 3.85. The summed E-state index contributed by atoms with van der Waals surface area (Å²) in [6.07, 6.45) is 7.02. The minimum absolute atomic E-state index is 0.0701. The van der Waals surface area contributed by atoms with E-state index in [-0.39, 0.29) is 5.41 Å². The predicted molar refractivity (Wildman–Crippen MR) is 46.4 cm³/mol. The van der Waals surface area contributed by atoms with Gasteiger partial charge in [-0.15, -0.1) is 0 Å². The highest BCUT2D eigenvalue weighted by atomic mass is 16.1. The zero-order chi connectivity index (χ0) is 8.32. The van der Waals surface area contributed by atoms with E-state index in [0.717, 1.165) is 25.2 Å². The van der Waals surface area contributed by atoms with Gasteiger partial charge in [0.25, 0.3) is 0 Å². The molecule has 0 aromatic rings. The minimum Gasteiger partial charge on any atom is -0.303 e. The monoisotopic (exact) mass is 154 g/mol. The van der Waals surface area contributed by atoms with Crippen molar-refractivity contribution in [3.8, 4) is 0 Å². The molecule has 0 amide bonds. The van der Waals surface area contributed by atoms with Crippen molar-refractivity contribution in [2.24, 2.45) is 11.3 Å². The Morgan fingerprint density at radius 2 is 2.27 bits per heavy atom. The van der Waals surface area contributed by atoms with Crippen LogP contribution in [0, 0.1) is 11.3 Å². The Kier molecular flexibility index (Phi) is 2.69. The van der Waals surface area contributed by atoms with Crippen molar-refractivity contribution in [2.75, 3.05) is 0 Å². The Morgan fingerprint density at radius 1 is 1.55 bits per heavy atom. The SMILES string of the molecule is CCC1CCC(C=O)(CC)C1. The van der Waals surface area contributed by atoms with Crippen LogP contribution in [0.2, 0.25) is 0 Å². The predicted octanol–water partition coefficient (Wildman–Crippen LogP) is 2.79. The Labute approximate surface area is 69.2 Å². The third kappa shape index (κ3) is 1.63. The highest BCUT2D eigenvalue weighted by molar-refractivity contribution is 5.59. The van der Waals surface area contributed by atoms with Gasteiger partial charge in [-0.3, -0.25) is 0 Å². The molecule has 1 nitrogen and oxygen atoms in total. The van der Waals surface area contributed by atoms with Crippen LogP contribution in [0.1, 0.15) is 46.0 Å². The number of hydrogen-bond donors (Lipinski definition) is 0. The molecule has 2 atom stereocenters. The first-order valence-corrected chi connectivity index (χ1v) is 4.72. The van der Waals surface area contributed by atoms with Crippen LogP contribution in [0.4, 0.5) is 0 Å². The van der Waals surface area contributed by atoms with Crippen LogP contribution in [0.3, 0.4) is 0 Å². The summed E-state index contributed by atoms with van der Waals surface area (Å²) >= 11 is 0. The summed E-state index contributed by atoms with van der Waals surface area (Å²) in [5, 5.41) is 0. The standard InChI is InChI=1S/C10H18O/c1-3-9-5-6-10(4-2,7-9)8-11/h8-9H,3-7H2,1-2H3. The van der Waals surface area contributed by atoms with Gasteiger partial charge in [0.05, 0.1) is 0 Å². The lowest BCUT2D eigenvalue weighted by Crippen LogP contribution is -2.17. The molecule has 1 saturated carbocycles. The van der Waals surface area contributed by atoms with E-state index >= 15 is 0 Å². The molecule has 1 aliphatic carbocycles. The van der Waals surface area contributed by atoms with E-state index in [1.807, 2.05) is 0 Å². The van der Waals surface area contributed by atoms with E-state index in [1.165, 1.54) is 19.1 Å². The molecule has 64 valence electrons. The van der Waals surface area contributed by atoms with Gasteiger partial charge >= 0.3 is 0 Å². The Balaban J connectivity index is 2.54. The van der Waals surface area contributed by atoms with Crippen molar-refractivity contribution in [3.05, 3.63) is 0 Å². The second-order valence-electron chi connectivity index (χ2n) is 3.85. The van der Waals surface area contributed by atoms with Gasteiger partial charge in [0.15, 0.2) is 0 Å². The molecule has 2 unspecified atom stereocenters. The lowest BCUT2D eigenvalue weighted by atomic mass is 9.84. The van der Waals surface area contributed by atoms with Crippen molar-refractivity contribution < 1.29 is 4.79 Å². The van der Waals surface area contributed by atoms with Crippen LogP contribution in [-0.2, 0) is 4.79 Å². The number of rotatable bonds is 3. The van der Waals surface area contributed by atoms with Gasteiger partial charge in [0.1, 0.15) is 6.29 Å². The summed E-state index contributed by atoms with van der Waals surface area (Å²) in [6.45, 7) is 4.35. The second kappa shape index (κ2) is 3.38. The van der Waals surface area contributed by atoms with Crippen molar-refractivity contribution >= 4 is 6.29 Å². The molecule has 0 aliphatic heterocycles. The van der Waals surface area contributed by atoms with Crippen LogP contribution in [0.25, 0.3) is 0 Å². The van der Waals surface area contributed by atoms with E-state index in [4.69, 9.17) is 0 Å². The molecule has 0 spiro atoms. The van der Waals surface area contributed by atoms with Crippen LogP contribution >= 0.6 is 0 Å². The summed E-state index contributed by atoms with van der Waals surface area (Å²) in [7, 11) is 0. The molecule has 0 aromatic heterocycles. The van der Waals surface area contributed by atoms with Gasteiger partial charge in [-0.1, -0.05) is 20.3 Å². The molecular weight excluding hydrogens is 136 g/mol. The van der Waals surface area contributed by atoms with E-state index in [9.17, 15) is 4.79 Å². The number of carbonyl (C=O) groups is 1. The Morgan fingerprint density at radius 3 is 2.55 bits per heavy atom. The zero-order valence-corrected chi connectivity index (χ0v) is 7.60. The summed E-state index contributed by atoms with van der Waals surface area (Å²) in [4.78, 5) is 10.8. The molecule has 1 heteroatoms. The van der Waals surface area contributed by atoms with Crippen LogP contribution < -0.4 is 0 Å². The third-order valence-electron chi connectivity index (χ3n) is 3.28. The first kappa shape index (κ1) is 8.76. The molecule has 0 saturated heterocycles. The van der Waals surface area contributed by atoms with Crippen LogP contribution in [0.15, 0.2) is 0 Å². The lowest BCUT2D eigenvalue weighted by molar-refractivity contribution is -0.116. The molecule has 0 aromatic carbocycles. The van der Waals surface area contributed by atoms with E-state index < -0.39 is 0 Å². The van der Waals surface area contributed by atoms with E-state index in [0.29, 0.717) is 0 Å². The maximum Gasteiger partial charge on any atom is 0.126 e. The van der Waals surface area contributed by atoms with Crippen molar-refractivity contribution in [2.45, 2.75) is 46.0 Å². The maximum absolute atomic E-state index is 10.8. The fourth-order valence-corrected chi connectivity index (χ4v) is 2.13. The fourth-order valence-electron chi connectivity index (χ4n) is 2.13. The van der Waals surface area contributed by atoms with Gasteiger partial charge in [0.2, 0.25) is 0 Å². The van der Waals surface area contributed by atoms with Crippen molar-refractivity contribution in [1.29, 1.82) is 0 Å². The molecule has 1 rings (SSSR count). The molecule has 1 fully saturated rings. The first-order chi connectivity index (χ1) is 5.26. The average molecular weight is 154 g/mol. The molecule has 0 heterocycles. The number of hydrogen-bond acceptors (Lipinski definition) is 1. The van der Waals surface area contributed by atoms with Gasteiger partial charge in [0, 0.05) is 5.41 Å². The summed E-state index contributed by atoms with van der Waals surface area (Å²) < 4.78 is 0. The average Bonchev–Trinajstić information content (AvgIpc) is 2.49. The highest BCUT2D eigenvalue weighted by Gasteiger charge is 2.36. The smallest absolute Gasteiger partial charge is 0.126 e. The zero-order valence-electron chi connectivity index (χ0n) is 7.60. The fraction of sp³-hybridized carbons (Fsp3) is 0.900. The number of carbonyl (C=O) groups excluding carboxylic acids is 1. The van der Waals surface area contributed by atoms with Crippen LogP contribution in [-0.4, -0.2) is 6.29 Å². The van der Waals surface area contributed by atoms with E-state index in [1.54, 1.807) is 0 Å². The van der Waals surface area contributed by atoms with Gasteiger partial charge in [-0.2, -0.15) is 0 Å². The van der Waals surface area contributed by atoms with Gasteiger partial charge in [-0.05, 0) is 31.6 Å². The Bertz CT molecular complexity index is 142. The van der Waals surface area contributed by atoms with Crippen molar-refractivity contribution in [1.82, 2.24) is 0 Å². The van der Waals surface area contributed by atoms with E-state index in [2.05, 4.69) is 13.8 Å². The summed E-state index contributed by atoms with van der Waals surface area (Å²) in [5.41, 5.74) is 0.0701. The van der Waals surface area contributed by atoms with Gasteiger partial charge < -0.3 is 4.79 Å². The summed E-state index contributed by atoms with van der Waals surface area (Å²) in [6, 6.07) is 0. The summed E-state index contributed by atoms with van der Waals surface area (Å²) in [5.74, 6) is 0.820. The topological polar surface area (TPSA) is 17.1 Å². The minimum atomic E-state index is 0.0701.